The molecule has 1 N–H and O–H groups in total. The van der Waals surface area contributed by atoms with Crippen LogP contribution < -0.4 is 0 Å². The van der Waals surface area contributed by atoms with Crippen LogP contribution in [-0.2, 0) is 0 Å². The van der Waals surface area contributed by atoms with Crippen LogP contribution in [0, 0.1) is 0 Å². The van der Waals surface area contributed by atoms with Crippen molar-refractivity contribution in [2.45, 2.75) is 26.3 Å². The fourth-order valence-electron chi connectivity index (χ4n) is 1.63. The predicted molar refractivity (Wildman–Crippen MR) is 72.2 cm³/mol. The minimum atomic E-state index is -1.15. The van der Waals surface area contributed by atoms with Crippen molar-refractivity contribution in [3.8, 4) is 0 Å². The van der Waals surface area contributed by atoms with E-state index < -0.39 is 5.97 Å². The number of nitrogens with zero attached hydrogens (tertiary/aromatic N) is 2. The van der Waals surface area contributed by atoms with Crippen LogP contribution in [0.5, 0.6) is 0 Å². The molecule has 1 rings (SSSR count). The van der Waals surface area contributed by atoms with Gasteiger partial charge in [-0.05, 0) is 32.9 Å². The van der Waals surface area contributed by atoms with Crippen molar-refractivity contribution >= 4 is 11.9 Å². The van der Waals surface area contributed by atoms with Gasteiger partial charge in [-0.25, -0.2) is 9.78 Å². The van der Waals surface area contributed by atoms with Gasteiger partial charge in [0.2, 0.25) is 0 Å². The maximum atomic E-state index is 12.4. The highest BCUT2D eigenvalue weighted by molar-refractivity contribution is 5.97. The topological polar surface area (TPSA) is 70.5 Å². The molecule has 0 aliphatic carbocycles. The zero-order chi connectivity index (χ0) is 14.6. The van der Waals surface area contributed by atoms with Gasteiger partial charge in [0.15, 0.2) is 0 Å². The Morgan fingerprint density at radius 3 is 2.58 bits per heavy atom. The number of carboxylic acids is 1. The van der Waals surface area contributed by atoms with Crippen molar-refractivity contribution in [1.82, 2.24) is 9.88 Å². The first-order valence-electron chi connectivity index (χ1n) is 5.89. The summed E-state index contributed by atoms with van der Waals surface area (Å²) in [6, 6.07) is 2.79. The van der Waals surface area contributed by atoms with Gasteiger partial charge in [-0.1, -0.05) is 6.08 Å². The molecule has 5 nitrogen and oxygen atoms in total. The molecule has 0 saturated carbocycles. The Hall–Kier alpha value is -2.17. The Bertz CT molecular complexity index is 504. The molecule has 0 aliphatic heterocycles. The van der Waals surface area contributed by atoms with Crippen LogP contribution in [-0.4, -0.2) is 39.0 Å². The van der Waals surface area contributed by atoms with Gasteiger partial charge in [0, 0.05) is 23.8 Å². The van der Waals surface area contributed by atoms with Crippen molar-refractivity contribution in [1.29, 1.82) is 0 Å². The van der Waals surface area contributed by atoms with Gasteiger partial charge in [0.1, 0.15) is 5.69 Å². The summed E-state index contributed by atoms with van der Waals surface area (Å²) < 4.78 is 0. The smallest absolute Gasteiger partial charge is 0.354 e. The summed E-state index contributed by atoms with van der Waals surface area (Å²) in [5, 5.41) is 8.89. The van der Waals surface area contributed by atoms with E-state index >= 15 is 0 Å². The highest BCUT2D eigenvalue weighted by atomic mass is 16.4. The SMILES string of the molecule is C=CCN(C(=O)c1ccnc(C(=O)O)c1)C(C)(C)C. The predicted octanol–water partition coefficient (Wildman–Crippen LogP) is 2.21. The molecule has 1 amide bonds. The number of carbonyl (C=O) groups excluding carboxylic acids is 1. The summed E-state index contributed by atoms with van der Waals surface area (Å²) in [4.78, 5) is 28.6. The average molecular weight is 262 g/mol. The van der Waals surface area contributed by atoms with Gasteiger partial charge >= 0.3 is 5.97 Å². The standard InChI is InChI=1S/C14H18N2O3/c1-5-8-16(14(2,3)4)12(17)10-6-7-15-11(9-10)13(18)19/h5-7,9H,1,8H2,2-4H3,(H,18,19). The minimum Gasteiger partial charge on any atom is -0.477 e. The number of aromatic carboxylic acids is 1. The second kappa shape index (κ2) is 5.65. The zero-order valence-corrected chi connectivity index (χ0v) is 11.4. The number of aromatic nitrogens is 1. The molecule has 0 saturated heterocycles. The quantitative estimate of drug-likeness (QED) is 0.844. The molecule has 5 heteroatoms. The Labute approximate surface area is 112 Å². The molecular weight excluding hydrogens is 244 g/mol. The van der Waals surface area contributed by atoms with Crippen molar-refractivity contribution in [2.24, 2.45) is 0 Å². The molecule has 0 atom stereocenters. The average Bonchev–Trinajstić information content (AvgIpc) is 2.34. The van der Waals surface area contributed by atoms with E-state index in [2.05, 4.69) is 11.6 Å². The highest BCUT2D eigenvalue weighted by Crippen LogP contribution is 2.17. The second-order valence-corrected chi connectivity index (χ2v) is 5.11. The molecule has 0 bridgehead atoms. The van der Waals surface area contributed by atoms with Gasteiger partial charge in [-0.15, -0.1) is 6.58 Å². The molecule has 0 spiro atoms. The number of hydrogen-bond donors (Lipinski definition) is 1. The lowest BCUT2D eigenvalue weighted by Crippen LogP contribution is -2.45. The maximum absolute atomic E-state index is 12.4. The van der Waals surface area contributed by atoms with Crippen molar-refractivity contribution in [3.63, 3.8) is 0 Å². The fraction of sp³-hybridized carbons (Fsp3) is 0.357. The van der Waals surface area contributed by atoms with Gasteiger partial charge in [0.25, 0.3) is 5.91 Å². The molecule has 0 radical (unpaired) electrons. The van der Waals surface area contributed by atoms with E-state index in [0.29, 0.717) is 12.1 Å². The lowest BCUT2D eigenvalue weighted by molar-refractivity contribution is 0.0616. The number of rotatable bonds is 4. The maximum Gasteiger partial charge on any atom is 0.354 e. The summed E-state index contributed by atoms with van der Waals surface area (Å²) in [6.07, 6.45) is 2.97. The first-order valence-corrected chi connectivity index (χ1v) is 5.89. The first kappa shape index (κ1) is 14.9. The number of carbonyl (C=O) groups is 2. The lowest BCUT2D eigenvalue weighted by Gasteiger charge is -2.35. The summed E-state index contributed by atoms with van der Waals surface area (Å²) in [6.45, 7) is 9.76. The van der Waals surface area contributed by atoms with Crippen molar-refractivity contribution in [2.75, 3.05) is 6.54 Å². The van der Waals surface area contributed by atoms with E-state index in [1.165, 1.54) is 18.3 Å². The molecule has 102 valence electrons. The first-order chi connectivity index (χ1) is 8.77. The van der Waals surface area contributed by atoms with E-state index in [1.54, 1.807) is 11.0 Å². The van der Waals surface area contributed by atoms with Crippen LogP contribution in [0.15, 0.2) is 31.0 Å². The van der Waals surface area contributed by atoms with Gasteiger partial charge < -0.3 is 10.0 Å². The largest absolute Gasteiger partial charge is 0.477 e. The third-order valence-electron chi connectivity index (χ3n) is 2.59. The number of carboxylic acid groups (broad SMARTS) is 1. The molecule has 19 heavy (non-hydrogen) atoms. The monoisotopic (exact) mass is 262 g/mol. The summed E-state index contributed by atoms with van der Waals surface area (Å²) in [5.41, 5.74) is -0.208. The second-order valence-electron chi connectivity index (χ2n) is 5.11. The molecule has 0 unspecified atom stereocenters. The third-order valence-corrected chi connectivity index (χ3v) is 2.59. The summed E-state index contributed by atoms with van der Waals surface area (Å²) in [5.74, 6) is -1.39. The molecule has 0 fully saturated rings. The van der Waals surface area contributed by atoms with Crippen LogP contribution in [0.25, 0.3) is 0 Å². The number of hydrogen-bond acceptors (Lipinski definition) is 3. The summed E-state index contributed by atoms with van der Waals surface area (Å²) in [7, 11) is 0. The van der Waals surface area contributed by atoms with Gasteiger partial charge in [-0.3, -0.25) is 4.79 Å². The van der Waals surface area contributed by atoms with E-state index in [9.17, 15) is 9.59 Å². The van der Waals surface area contributed by atoms with E-state index in [-0.39, 0.29) is 17.1 Å². The molecule has 1 aromatic heterocycles. The Kier molecular flexibility index (Phi) is 4.43. The minimum absolute atomic E-state index is 0.140. The highest BCUT2D eigenvalue weighted by Gasteiger charge is 2.26. The van der Waals surface area contributed by atoms with E-state index in [4.69, 9.17) is 5.11 Å². The van der Waals surface area contributed by atoms with E-state index in [1.807, 2.05) is 20.8 Å². The third kappa shape index (κ3) is 3.64. The normalized spacial score (nSPS) is 10.9. The zero-order valence-electron chi connectivity index (χ0n) is 11.4. The number of pyridine rings is 1. The summed E-state index contributed by atoms with van der Waals surface area (Å²) >= 11 is 0. The molecule has 0 aromatic carbocycles. The lowest BCUT2D eigenvalue weighted by atomic mass is 10.0. The van der Waals surface area contributed by atoms with Crippen LogP contribution in [0.1, 0.15) is 41.6 Å². The fourth-order valence-corrected chi connectivity index (χ4v) is 1.63. The molecule has 0 aliphatic rings. The van der Waals surface area contributed by atoms with Crippen LogP contribution in [0.2, 0.25) is 0 Å². The van der Waals surface area contributed by atoms with E-state index in [0.717, 1.165) is 0 Å². The molecule has 1 heterocycles. The Morgan fingerprint density at radius 1 is 1.47 bits per heavy atom. The number of amides is 1. The Morgan fingerprint density at radius 2 is 2.11 bits per heavy atom. The van der Waals surface area contributed by atoms with Crippen LogP contribution >= 0.6 is 0 Å². The molecule has 1 aromatic rings. The van der Waals surface area contributed by atoms with Crippen LogP contribution in [0.4, 0.5) is 0 Å². The van der Waals surface area contributed by atoms with Crippen molar-refractivity contribution in [3.05, 3.63) is 42.2 Å². The van der Waals surface area contributed by atoms with Crippen molar-refractivity contribution < 1.29 is 14.7 Å². The van der Waals surface area contributed by atoms with Gasteiger partial charge in [-0.2, -0.15) is 0 Å². The Balaban J connectivity index is 3.13. The van der Waals surface area contributed by atoms with Crippen LogP contribution in [0.3, 0.4) is 0 Å². The van der Waals surface area contributed by atoms with Gasteiger partial charge in [0.05, 0.1) is 0 Å². The molecular formula is C14H18N2O3.